The first kappa shape index (κ1) is 10.0. The lowest BCUT2D eigenvalue weighted by molar-refractivity contribution is 0.405. The zero-order chi connectivity index (χ0) is 9.80. The first-order valence-electron chi connectivity index (χ1n) is 6.23. The summed E-state index contributed by atoms with van der Waals surface area (Å²) in [6, 6.07) is 0. The van der Waals surface area contributed by atoms with Crippen molar-refractivity contribution in [3.8, 4) is 0 Å². The molecule has 2 aliphatic carbocycles. The van der Waals surface area contributed by atoms with Crippen LogP contribution in [0.4, 0.5) is 0 Å². The Kier molecular flexibility index (Phi) is 3.44. The molecule has 0 radical (unpaired) electrons. The third-order valence-electron chi connectivity index (χ3n) is 3.76. The van der Waals surface area contributed by atoms with Crippen molar-refractivity contribution in [2.45, 2.75) is 45.4 Å². The zero-order valence-electron chi connectivity index (χ0n) is 9.28. The van der Waals surface area contributed by atoms with E-state index in [2.05, 4.69) is 31.2 Å². The van der Waals surface area contributed by atoms with E-state index in [1.807, 2.05) is 0 Å². The van der Waals surface area contributed by atoms with Crippen LogP contribution in [0.15, 0.2) is 24.3 Å². The van der Waals surface area contributed by atoms with E-state index in [1.54, 1.807) is 0 Å². The summed E-state index contributed by atoms with van der Waals surface area (Å²) in [5.41, 5.74) is 0. The molecule has 0 amide bonds. The van der Waals surface area contributed by atoms with E-state index in [4.69, 9.17) is 0 Å². The van der Waals surface area contributed by atoms with Crippen molar-refractivity contribution in [2.75, 3.05) is 0 Å². The van der Waals surface area contributed by atoms with E-state index in [-0.39, 0.29) is 0 Å². The summed E-state index contributed by atoms with van der Waals surface area (Å²) in [7, 11) is 0. The number of unbranched alkanes of at least 4 members (excludes halogenated alkanes) is 1. The quantitative estimate of drug-likeness (QED) is 0.447. The summed E-state index contributed by atoms with van der Waals surface area (Å²) in [6.45, 7) is 2.21. The van der Waals surface area contributed by atoms with Crippen LogP contribution >= 0.6 is 0 Å². The Bertz CT molecular complexity index is 224. The molecule has 2 bridgehead atoms. The highest BCUT2D eigenvalue weighted by atomic mass is 14.4. The molecule has 3 unspecified atom stereocenters. The van der Waals surface area contributed by atoms with Crippen LogP contribution < -0.4 is 0 Å². The van der Waals surface area contributed by atoms with Gasteiger partial charge in [0, 0.05) is 0 Å². The third kappa shape index (κ3) is 2.29. The van der Waals surface area contributed by atoms with Gasteiger partial charge in [0.05, 0.1) is 0 Å². The van der Waals surface area contributed by atoms with E-state index in [0.29, 0.717) is 0 Å². The summed E-state index contributed by atoms with van der Waals surface area (Å²) in [6.07, 6.45) is 17.9. The van der Waals surface area contributed by atoms with E-state index >= 15 is 0 Å². The van der Waals surface area contributed by atoms with Gasteiger partial charge in [-0.05, 0) is 56.3 Å². The van der Waals surface area contributed by atoms with Crippen molar-refractivity contribution in [1.29, 1.82) is 0 Å². The number of hydrogen-bond donors (Lipinski definition) is 0. The molecule has 2 rings (SSSR count). The second-order valence-electron chi connectivity index (χ2n) is 4.85. The lowest BCUT2D eigenvalue weighted by Gasteiger charge is -2.16. The maximum Gasteiger partial charge on any atom is -0.0199 e. The highest BCUT2D eigenvalue weighted by Gasteiger charge is 2.34. The topological polar surface area (TPSA) is 0 Å². The lowest BCUT2D eigenvalue weighted by atomic mass is 9.89. The van der Waals surface area contributed by atoms with Crippen molar-refractivity contribution in [1.82, 2.24) is 0 Å². The number of rotatable bonds is 5. The van der Waals surface area contributed by atoms with Gasteiger partial charge in [-0.1, -0.05) is 31.2 Å². The molecular formula is C14H22. The maximum atomic E-state index is 2.47. The molecular weight excluding hydrogens is 168 g/mol. The third-order valence-corrected chi connectivity index (χ3v) is 3.76. The normalized spacial score (nSPS) is 34.8. The summed E-state index contributed by atoms with van der Waals surface area (Å²) < 4.78 is 0. The molecule has 3 atom stereocenters. The van der Waals surface area contributed by atoms with Crippen molar-refractivity contribution in [2.24, 2.45) is 17.8 Å². The fourth-order valence-electron chi connectivity index (χ4n) is 3.01. The Morgan fingerprint density at radius 1 is 1.21 bits per heavy atom. The molecule has 78 valence electrons. The van der Waals surface area contributed by atoms with Gasteiger partial charge in [-0.2, -0.15) is 0 Å². The fourth-order valence-corrected chi connectivity index (χ4v) is 3.01. The van der Waals surface area contributed by atoms with Crippen LogP contribution in [-0.2, 0) is 0 Å². The standard InChI is InChI=1S/C14H22/c1-2-3-4-5-6-7-13-10-12-8-9-14(13)11-12/h3-4,8-9,12-14H,2,5-7,10-11H2,1H3. The predicted molar refractivity (Wildman–Crippen MR) is 62.1 cm³/mol. The molecule has 0 heteroatoms. The molecule has 14 heavy (non-hydrogen) atoms. The van der Waals surface area contributed by atoms with Crippen LogP contribution in [0.2, 0.25) is 0 Å². The average molecular weight is 190 g/mol. The predicted octanol–water partition coefficient (Wildman–Crippen LogP) is 4.34. The van der Waals surface area contributed by atoms with Gasteiger partial charge in [0.2, 0.25) is 0 Å². The molecule has 0 aliphatic heterocycles. The Morgan fingerprint density at radius 2 is 2.14 bits per heavy atom. The van der Waals surface area contributed by atoms with Crippen LogP contribution in [-0.4, -0.2) is 0 Å². The molecule has 0 spiro atoms. The monoisotopic (exact) mass is 190 g/mol. The van der Waals surface area contributed by atoms with Crippen LogP contribution in [0.3, 0.4) is 0 Å². The van der Waals surface area contributed by atoms with Gasteiger partial charge in [-0.25, -0.2) is 0 Å². The molecule has 0 N–H and O–H groups in total. The molecule has 1 fully saturated rings. The van der Waals surface area contributed by atoms with Crippen LogP contribution in [0, 0.1) is 17.8 Å². The summed E-state index contributed by atoms with van der Waals surface area (Å²) in [5, 5.41) is 0. The molecule has 0 nitrogen and oxygen atoms in total. The van der Waals surface area contributed by atoms with E-state index in [1.165, 1.54) is 38.5 Å². The van der Waals surface area contributed by atoms with Crippen LogP contribution in [0.5, 0.6) is 0 Å². The largest absolute Gasteiger partial charge is 0.0888 e. The second kappa shape index (κ2) is 4.82. The Balaban J connectivity index is 1.63. The minimum Gasteiger partial charge on any atom is -0.0888 e. The Hall–Kier alpha value is -0.520. The molecule has 0 saturated heterocycles. The molecule has 0 aromatic carbocycles. The SMILES string of the molecule is CCC=CCCCC1CC2C=CC1C2. The summed E-state index contributed by atoms with van der Waals surface area (Å²) >= 11 is 0. The van der Waals surface area contributed by atoms with Gasteiger partial charge in [0.15, 0.2) is 0 Å². The molecule has 0 heterocycles. The van der Waals surface area contributed by atoms with E-state index in [9.17, 15) is 0 Å². The molecule has 2 aliphatic rings. The average Bonchev–Trinajstić information content (AvgIpc) is 2.79. The van der Waals surface area contributed by atoms with Crippen molar-refractivity contribution >= 4 is 0 Å². The first-order valence-corrected chi connectivity index (χ1v) is 6.23. The van der Waals surface area contributed by atoms with Crippen LogP contribution in [0.25, 0.3) is 0 Å². The highest BCUT2D eigenvalue weighted by molar-refractivity contribution is 5.09. The molecule has 1 saturated carbocycles. The number of hydrogen-bond acceptors (Lipinski definition) is 0. The van der Waals surface area contributed by atoms with Crippen molar-refractivity contribution in [3.63, 3.8) is 0 Å². The second-order valence-corrected chi connectivity index (χ2v) is 4.85. The number of allylic oxidation sites excluding steroid dienone is 4. The Morgan fingerprint density at radius 3 is 2.79 bits per heavy atom. The summed E-state index contributed by atoms with van der Waals surface area (Å²) in [4.78, 5) is 0. The van der Waals surface area contributed by atoms with Crippen molar-refractivity contribution in [3.05, 3.63) is 24.3 Å². The fraction of sp³-hybridized carbons (Fsp3) is 0.714. The smallest absolute Gasteiger partial charge is 0.0199 e. The van der Waals surface area contributed by atoms with Gasteiger partial charge in [0.25, 0.3) is 0 Å². The highest BCUT2D eigenvalue weighted by Crippen LogP contribution is 2.45. The molecule has 0 aromatic rings. The van der Waals surface area contributed by atoms with E-state index in [0.717, 1.165) is 17.8 Å². The zero-order valence-corrected chi connectivity index (χ0v) is 9.28. The van der Waals surface area contributed by atoms with E-state index < -0.39 is 0 Å². The summed E-state index contributed by atoms with van der Waals surface area (Å²) in [5.74, 6) is 2.94. The van der Waals surface area contributed by atoms with Crippen LogP contribution in [0.1, 0.15) is 45.4 Å². The lowest BCUT2D eigenvalue weighted by Crippen LogP contribution is -2.06. The minimum absolute atomic E-state index is 0.954. The van der Waals surface area contributed by atoms with Gasteiger partial charge >= 0.3 is 0 Å². The van der Waals surface area contributed by atoms with Gasteiger partial charge in [-0.15, -0.1) is 0 Å². The number of fused-ring (bicyclic) bond motifs is 2. The first-order chi connectivity index (χ1) is 6.90. The van der Waals surface area contributed by atoms with Crippen molar-refractivity contribution < 1.29 is 0 Å². The van der Waals surface area contributed by atoms with Gasteiger partial charge in [-0.3, -0.25) is 0 Å². The Labute approximate surface area is 88.1 Å². The maximum absolute atomic E-state index is 2.47. The molecule has 0 aromatic heterocycles. The van der Waals surface area contributed by atoms with Gasteiger partial charge < -0.3 is 0 Å². The van der Waals surface area contributed by atoms with Gasteiger partial charge in [0.1, 0.15) is 0 Å². The minimum atomic E-state index is 0.954.